The van der Waals surface area contributed by atoms with Crippen molar-refractivity contribution in [2.24, 2.45) is 11.7 Å². The van der Waals surface area contributed by atoms with Gasteiger partial charge in [0.15, 0.2) is 0 Å². The number of hydrogen-bond donors (Lipinski definition) is 1. The number of aryl methyl sites for hydroxylation is 1. The molecular weight excluding hydrogens is 290 g/mol. The van der Waals surface area contributed by atoms with Crippen LogP contribution in [0.1, 0.15) is 36.7 Å². The first kappa shape index (κ1) is 17.5. The Morgan fingerprint density at radius 3 is 2.04 bits per heavy atom. The minimum atomic E-state index is -0.459. The Labute approximate surface area is 138 Å². The lowest BCUT2D eigenvalue weighted by molar-refractivity contribution is -0.135. The smallest absolute Gasteiger partial charge is 0.253 e. The molecule has 126 valence electrons. The first-order valence-electron chi connectivity index (χ1n) is 8.36. The Kier molecular flexibility index (Phi) is 5.77. The number of carbonyl (C=O) groups excluding carboxylic acids is 2. The van der Waals surface area contributed by atoms with Crippen LogP contribution < -0.4 is 5.73 Å². The fourth-order valence-electron chi connectivity index (χ4n) is 2.69. The third-order valence-corrected chi connectivity index (χ3v) is 4.49. The van der Waals surface area contributed by atoms with E-state index in [2.05, 4.69) is 6.92 Å². The number of carbonyl (C=O) groups is 2. The van der Waals surface area contributed by atoms with Gasteiger partial charge in [-0.2, -0.15) is 0 Å². The zero-order chi connectivity index (χ0) is 17.0. The third kappa shape index (κ3) is 4.10. The van der Waals surface area contributed by atoms with Crippen molar-refractivity contribution in [1.29, 1.82) is 0 Å². The predicted molar refractivity (Wildman–Crippen MR) is 91.1 cm³/mol. The Bertz CT molecular complexity index is 546. The lowest BCUT2D eigenvalue weighted by Crippen LogP contribution is -2.55. The summed E-state index contributed by atoms with van der Waals surface area (Å²) in [5.41, 5.74) is 7.86. The van der Waals surface area contributed by atoms with Gasteiger partial charge in [-0.25, -0.2) is 0 Å². The molecule has 1 heterocycles. The zero-order valence-corrected chi connectivity index (χ0v) is 14.3. The number of benzene rings is 1. The molecule has 0 bridgehead atoms. The molecule has 0 spiro atoms. The van der Waals surface area contributed by atoms with Gasteiger partial charge in [-0.05, 0) is 30.0 Å². The number of nitrogens with two attached hydrogens (primary N) is 1. The van der Waals surface area contributed by atoms with E-state index in [-0.39, 0.29) is 17.7 Å². The number of rotatable bonds is 4. The second kappa shape index (κ2) is 7.59. The monoisotopic (exact) mass is 317 g/mol. The second-order valence-electron chi connectivity index (χ2n) is 6.44. The van der Waals surface area contributed by atoms with Gasteiger partial charge in [-0.1, -0.05) is 32.9 Å². The summed E-state index contributed by atoms with van der Waals surface area (Å²) in [6.07, 6.45) is 0.964. The van der Waals surface area contributed by atoms with Gasteiger partial charge in [0, 0.05) is 31.7 Å². The van der Waals surface area contributed by atoms with Crippen molar-refractivity contribution in [1.82, 2.24) is 9.80 Å². The standard InChI is InChI=1S/C18H27N3O2/c1-4-14-5-7-15(8-6-14)17(22)20-9-11-21(12-10-20)18(23)16(19)13(2)3/h5-8,13,16H,4,9-12,19H2,1-3H3/t16-/m0/s1. The summed E-state index contributed by atoms with van der Waals surface area (Å²) in [6, 6.07) is 7.29. The Morgan fingerprint density at radius 1 is 1.04 bits per heavy atom. The number of piperazine rings is 1. The summed E-state index contributed by atoms with van der Waals surface area (Å²) in [6.45, 7) is 8.21. The summed E-state index contributed by atoms with van der Waals surface area (Å²) >= 11 is 0. The van der Waals surface area contributed by atoms with E-state index >= 15 is 0 Å². The SMILES string of the molecule is CCc1ccc(C(=O)N2CCN(C(=O)[C@@H](N)C(C)C)CC2)cc1. The lowest BCUT2D eigenvalue weighted by atomic mass is 10.0. The first-order valence-corrected chi connectivity index (χ1v) is 8.36. The van der Waals surface area contributed by atoms with Gasteiger partial charge in [-0.15, -0.1) is 0 Å². The number of amides is 2. The molecule has 2 rings (SSSR count). The molecule has 0 aliphatic carbocycles. The van der Waals surface area contributed by atoms with Crippen LogP contribution in [0.25, 0.3) is 0 Å². The number of nitrogens with zero attached hydrogens (tertiary/aromatic N) is 2. The molecule has 0 radical (unpaired) electrons. The third-order valence-electron chi connectivity index (χ3n) is 4.49. The van der Waals surface area contributed by atoms with E-state index in [4.69, 9.17) is 5.73 Å². The molecule has 2 N–H and O–H groups in total. The molecule has 5 heteroatoms. The van der Waals surface area contributed by atoms with Crippen LogP contribution in [0.2, 0.25) is 0 Å². The molecule has 1 aromatic rings. The minimum Gasteiger partial charge on any atom is -0.338 e. The summed E-state index contributed by atoms with van der Waals surface area (Å²) in [7, 11) is 0. The maximum atomic E-state index is 12.5. The van der Waals surface area contributed by atoms with Crippen molar-refractivity contribution < 1.29 is 9.59 Å². The van der Waals surface area contributed by atoms with Gasteiger partial charge >= 0.3 is 0 Å². The van der Waals surface area contributed by atoms with Crippen LogP contribution in [0, 0.1) is 5.92 Å². The summed E-state index contributed by atoms with van der Waals surface area (Å²) in [5, 5.41) is 0. The lowest BCUT2D eigenvalue weighted by Gasteiger charge is -2.36. The maximum Gasteiger partial charge on any atom is 0.253 e. The normalized spacial score (nSPS) is 16.6. The van der Waals surface area contributed by atoms with Crippen molar-refractivity contribution in [3.63, 3.8) is 0 Å². The van der Waals surface area contributed by atoms with Crippen LogP contribution in [-0.2, 0) is 11.2 Å². The summed E-state index contributed by atoms with van der Waals surface area (Å²) in [5.74, 6) is 0.145. The fourth-order valence-corrected chi connectivity index (χ4v) is 2.69. The highest BCUT2D eigenvalue weighted by molar-refractivity contribution is 5.94. The second-order valence-corrected chi connectivity index (χ2v) is 6.44. The molecule has 1 atom stereocenters. The van der Waals surface area contributed by atoms with Crippen molar-refractivity contribution >= 4 is 11.8 Å². The molecule has 1 fully saturated rings. The molecule has 2 amide bonds. The van der Waals surface area contributed by atoms with E-state index < -0.39 is 6.04 Å². The zero-order valence-electron chi connectivity index (χ0n) is 14.3. The van der Waals surface area contributed by atoms with E-state index in [0.29, 0.717) is 31.7 Å². The minimum absolute atomic E-state index is 0.0144. The van der Waals surface area contributed by atoms with Crippen LogP contribution in [0.3, 0.4) is 0 Å². The highest BCUT2D eigenvalue weighted by Crippen LogP contribution is 2.12. The van der Waals surface area contributed by atoms with Gasteiger partial charge < -0.3 is 15.5 Å². The fraction of sp³-hybridized carbons (Fsp3) is 0.556. The van der Waals surface area contributed by atoms with Crippen LogP contribution in [0.4, 0.5) is 0 Å². The number of hydrogen-bond acceptors (Lipinski definition) is 3. The van der Waals surface area contributed by atoms with Gasteiger partial charge in [0.1, 0.15) is 0 Å². The molecule has 1 saturated heterocycles. The molecule has 0 saturated carbocycles. The van der Waals surface area contributed by atoms with Crippen LogP contribution in [-0.4, -0.2) is 53.8 Å². The van der Waals surface area contributed by atoms with Crippen molar-refractivity contribution in [3.8, 4) is 0 Å². The molecular formula is C18H27N3O2. The Morgan fingerprint density at radius 2 is 1.57 bits per heavy atom. The molecule has 5 nitrogen and oxygen atoms in total. The maximum absolute atomic E-state index is 12.5. The van der Waals surface area contributed by atoms with Crippen LogP contribution >= 0.6 is 0 Å². The van der Waals surface area contributed by atoms with E-state index in [0.717, 1.165) is 6.42 Å². The average molecular weight is 317 g/mol. The van der Waals surface area contributed by atoms with Gasteiger partial charge in [0.25, 0.3) is 5.91 Å². The highest BCUT2D eigenvalue weighted by atomic mass is 16.2. The first-order chi connectivity index (χ1) is 10.9. The predicted octanol–water partition coefficient (Wildman–Crippen LogP) is 1.52. The largest absolute Gasteiger partial charge is 0.338 e. The molecule has 1 aromatic carbocycles. The molecule has 0 aromatic heterocycles. The summed E-state index contributed by atoms with van der Waals surface area (Å²) < 4.78 is 0. The van der Waals surface area contributed by atoms with Gasteiger partial charge in [-0.3, -0.25) is 9.59 Å². The van der Waals surface area contributed by atoms with Crippen molar-refractivity contribution in [2.45, 2.75) is 33.2 Å². The van der Waals surface area contributed by atoms with Gasteiger partial charge in [0.2, 0.25) is 5.91 Å². The van der Waals surface area contributed by atoms with Crippen molar-refractivity contribution in [2.75, 3.05) is 26.2 Å². The Balaban J connectivity index is 1.93. The summed E-state index contributed by atoms with van der Waals surface area (Å²) in [4.78, 5) is 28.4. The van der Waals surface area contributed by atoms with Crippen LogP contribution in [0.5, 0.6) is 0 Å². The quantitative estimate of drug-likeness (QED) is 0.915. The van der Waals surface area contributed by atoms with Gasteiger partial charge in [0.05, 0.1) is 6.04 Å². The van der Waals surface area contributed by atoms with Crippen LogP contribution in [0.15, 0.2) is 24.3 Å². The van der Waals surface area contributed by atoms with E-state index in [1.54, 1.807) is 4.90 Å². The van der Waals surface area contributed by atoms with E-state index in [9.17, 15) is 9.59 Å². The van der Waals surface area contributed by atoms with Crippen molar-refractivity contribution in [3.05, 3.63) is 35.4 Å². The molecule has 1 aliphatic heterocycles. The average Bonchev–Trinajstić information content (AvgIpc) is 2.60. The molecule has 1 aliphatic rings. The topological polar surface area (TPSA) is 66.6 Å². The Hall–Kier alpha value is -1.88. The molecule has 23 heavy (non-hydrogen) atoms. The molecule has 0 unspecified atom stereocenters. The van der Waals surface area contributed by atoms with E-state index in [1.807, 2.05) is 43.0 Å². The van der Waals surface area contributed by atoms with E-state index in [1.165, 1.54) is 5.56 Å². The highest BCUT2D eigenvalue weighted by Gasteiger charge is 2.28.